The molecule has 1 amide bonds. The fraction of sp³-hybridized carbons (Fsp3) is 0.464. The van der Waals surface area contributed by atoms with Crippen molar-refractivity contribution in [2.75, 3.05) is 44.2 Å². The lowest BCUT2D eigenvalue weighted by atomic mass is 10.1. The van der Waals surface area contributed by atoms with Gasteiger partial charge in [-0.3, -0.25) is 9.69 Å². The average molecular weight is 492 g/mol. The molecule has 2 aromatic carbocycles. The number of aryl methyl sites for hydroxylation is 1. The summed E-state index contributed by atoms with van der Waals surface area (Å²) in [7, 11) is 0. The summed E-state index contributed by atoms with van der Waals surface area (Å²) in [6.45, 7) is 10.3. The quantitative estimate of drug-likeness (QED) is 0.386. The summed E-state index contributed by atoms with van der Waals surface area (Å²) in [4.78, 5) is 24.5. The van der Waals surface area contributed by atoms with Crippen LogP contribution >= 0.6 is 11.5 Å². The third-order valence-corrected chi connectivity index (χ3v) is 7.38. The van der Waals surface area contributed by atoms with Gasteiger partial charge < -0.3 is 9.80 Å². The number of carbonyl (C=O) groups is 1. The number of hydrogen-bond donors (Lipinski definition) is 0. The van der Waals surface area contributed by atoms with E-state index in [4.69, 9.17) is 4.98 Å². The van der Waals surface area contributed by atoms with Crippen LogP contribution in [-0.4, -0.2) is 64.3 Å². The van der Waals surface area contributed by atoms with Crippen molar-refractivity contribution in [1.82, 2.24) is 19.2 Å². The molecule has 35 heavy (non-hydrogen) atoms. The van der Waals surface area contributed by atoms with Crippen LogP contribution in [0.15, 0.2) is 54.6 Å². The van der Waals surface area contributed by atoms with Crippen LogP contribution in [0.2, 0.25) is 0 Å². The Bertz CT molecular complexity index is 1040. The van der Waals surface area contributed by atoms with Crippen LogP contribution in [0.25, 0.3) is 0 Å². The van der Waals surface area contributed by atoms with Gasteiger partial charge in [0.15, 0.2) is 0 Å². The van der Waals surface area contributed by atoms with Crippen molar-refractivity contribution >= 4 is 22.6 Å². The summed E-state index contributed by atoms with van der Waals surface area (Å²) in [6, 6.07) is 19.1. The first kappa shape index (κ1) is 25.3. The van der Waals surface area contributed by atoms with Crippen molar-refractivity contribution in [2.24, 2.45) is 0 Å². The number of benzene rings is 2. The molecule has 0 spiro atoms. The van der Waals surface area contributed by atoms with Crippen LogP contribution in [0.4, 0.5) is 5.13 Å². The summed E-state index contributed by atoms with van der Waals surface area (Å²) in [5.74, 6) is 1.10. The van der Waals surface area contributed by atoms with Gasteiger partial charge in [0, 0.05) is 70.2 Å². The molecule has 2 heterocycles. The number of amides is 1. The molecule has 0 N–H and O–H groups in total. The molecule has 0 atom stereocenters. The van der Waals surface area contributed by atoms with Gasteiger partial charge >= 0.3 is 0 Å². The smallest absolute Gasteiger partial charge is 0.224 e. The first-order valence-electron chi connectivity index (χ1n) is 12.8. The molecular weight excluding hydrogens is 454 g/mol. The molecule has 1 aromatic heterocycles. The minimum Gasteiger partial charge on any atom is -0.346 e. The minimum atomic E-state index is 0.246. The SMILES string of the molecule is CCCCN(CCC(=O)N1CCN(Cc2ccccc2)CC1)c1nc(Cc2ccc(C)cc2)ns1. The first-order chi connectivity index (χ1) is 17.1. The third-order valence-electron chi connectivity index (χ3n) is 6.56. The standard InChI is InChI=1S/C28H37N5OS/c1-3-4-15-33(28-29-26(30-35-28)21-24-12-10-23(2)11-13-24)16-14-27(34)32-19-17-31(18-20-32)22-25-8-6-5-7-9-25/h5-13H,3-4,14-22H2,1-2H3. The zero-order valence-electron chi connectivity index (χ0n) is 21.0. The normalized spacial score (nSPS) is 14.3. The number of anilines is 1. The topological polar surface area (TPSA) is 52.6 Å². The summed E-state index contributed by atoms with van der Waals surface area (Å²) in [6.07, 6.45) is 3.46. The zero-order chi connectivity index (χ0) is 24.5. The van der Waals surface area contributed by atoms with Crippen molar-refractivity contribution in [3.05, 3.63) is 77.1 Å². The summed E-state index contributed by atoms with van der Waals surface area (Å²) in [5, 5.41) is 0.932. The molecule has 0 unspecified atom stereocenters. The highest BCUT2D eigenvalue weighted by Gasteiger charge is 2.22. The van der Waals surface area contributed by atoms with E-state index in [-0.39, 0.29) is 5.91 Å². The Labute approximate surface area is 213 Å². The average Bonchev–Trinajstić information content (AvgIpc) is 3.34. The van der Waals surface area contributed by atoms with Gasteiger partial charge in [0.05, 0.1) is 0 Å². The Balaban J connectivity index is 1.27. The van der Waals surface area contributed by atoms with Gasteiger partial charge in [-0.2, -0.15) is 4.37 Å². The number of nitrogens with zero attached hydrogens (tertiary/aromatic N) is 5. The fourth-order valence-electron chi connectivity index (χ4n) is 4.37. The molecule has 186 valence electrons. The highest BCUT2D eigenvalue weighted by atomic mass is 32.1. The van der Waals surface area contributed by atoms with E-state index in [9.17, 15) is 4.79 Å². The lowest BCUT2D eigenvalue weighted by Crippen LogP contribution is -2.48. The second-order valence-electron chi connectivity index (χ2n) is 9.39. The fourth-order valence-corrected chi connectivity index (χ4v) is 5.11. The van der Waals surface area contributed by atoms with Crippen molar-refractivity contribution in [3.8, 4) is 0 Å². The van der Waals surface area contributed by atoms with Gasteiger partial charge in [0.2, 0.25) is 11.0 Å². The molecule has 0 radical (unpaired) electrons. The Morgan fingerprint density at radius 2 is 1.71 bits per heavy atom. The highest BCUT2D eigenvalue weighted by molar-refractivity contribution is 7.09. The Morgan fingerprint density at radius 3 is 2.43 bits per heavy atom. The number of carbonyl (C=O) groups excluding carboxylic acids is 1. The summed E-state index contributed by atoms with van der Waals surface area (Å²) < 4.78 is 4.61. The van der Waals surface area contributed by atoms with Gasteiger partial charge in [0.1, 0.15) is 5.82 Å². The molecule has 0 bridgehead atoms. The second kappa shape index (κ2) is 12.8. The molecule has 3 aromatic rings. The highest BCUT2D eigenvalue weighted by Crippen LogP contribution is 2.21. The second-order valence-corrected chi connectivity index (χ2v) is 10.1. The largest absolute Gasteiger partial charge is 0.346 e. The van der Waals surface area contributed by atoms with E-state index in [0.29, 0.717) is 13.0 Å². The van der Waals surface area contributed by atoms with Gasteiger partial charge in [-0.25, -0.2) is 4.98 Å². The van der Waals surface area contributed by atoms with Crippen LogP contribution in [-0.2, 0) is 17.8 Å². The van der Waals surface area contributed by atoms with Crippen molar-refractivity contribution < 1.29 is 4.79 Å². The van der Waals surface area contributed by atoms with Crippen molar-refractivity contribution in [3.63, 3.8) is 0 Å². The predicted octanol–water partition coefficient (Wildman–Crippen LogP) is 4.78. The maximum atomic E-state index is 13.0. The van der Waals surface area contributed by atoms with Gasteiger partial charge in [-0.05, 0) is 24.5 Å². The molecule has 0 aliphatic carbocycles. The predicted molar refractivity (Wildman–Crippen MR) is 144 cm³/mol. The molecule has 1 saturated heterocycles. The molecule has 1 aliphatic heterocycles. The van der Waals surface area contributed by atoms with Crippen molar-refractivity contribution in [2.45, 2.75) is 46.1 Å². The Kier molecular flexibility index (Phi) is 9.26. The van der Waals surface area contributed by atoms with E-state index in [0.717, 1.165) is 69.5 Å². The monoisotopic (exact) mass is 491 g/mol. The minimum absolute atomic E-state index is 0.246. The number of unbranched alkanes of at least 4 members (excludes halogenated alkanes) is 1. The van der Waals surface area contributed by atoms with Gasteiger partial charge in [0.25, 0.3) is 0 Å². The molecule has 1 aliphatic rings. The number of rotatable bonds is 11. The van der Waals surface area contributed by atoms with Gasteiger partial charge in [-0.15, -0.1) is 0 Å². The van der Waals surface area contributed by atoms with Crippen LogP contribution in [0.3, 0.4) is 0 Å². The molecular formula is C28H37N5OS. The lowest BCUT2D eigenvalue weighted by molar-refractivity contribution is -0.132. The third kappa shape index (κ3) is 7.61. The van der Waals surface area contributed by atoms with E-state index in [2.05, 4.69) is 82.6 Å². The molecule has 6 nitrogen and oxygen atoms in total. The van der Waals surface area contributed by atoms with E-state index >= 15 is 0 Å². The lowest BCUT2D eigenvalue weighted by Gasteiger charge is -2.35. The van der Waals surface area contributed by atoms with Gasteiger partial charge in [-0.1, -0.05) is 73.5 Å². The van der Waals surface area contributed by atoms with Crippen LogP contribution < -0.4 is 4.90 Å². The molecule has 1 fully saturated rings. The molecule has 7 heteroatoms. The maximum Gasteiger partial charge on any atom is 0.224 e. The Hall–Kier alpha value is -2.77. The Morgan fingerprint density at radius 1 is 0.971 bits per heavy atom. The number of aromatic nitrogens is 2. The van der Waals surface area contributed by atoms with Crippen molar-refractivity contribution in [1.29, 1.82) is 0 Å². The maximum absolute atomic E-state index is 13.0. The molecule has 0 saturated carbocycles. The van der Waals surface area contributed by atoms with E-state index < -0.39 is 0 Å². The van der Waals surface area contributed by atoms with Crippen LogP contribution in [0.5, 0.6) is 0 Å². The van der Waals surface area contributed by atoms with Crippen LogP contribution in [0.1, 0.15) is 48.7 Å². The van der Waals surface area contributed by atoms with E-state index in [1.807, 2.05) is 4.90 Å². The summed E-state index contributed by atoms with van der Waals surface area (Å²) in [5.41, 5.74) is 3.81. The first-order valence-corrected chi connectivity index (χ1v) is 13.5. The van der Waals surface area contributed by atoms with E-state index in [1.54, 1.807) is 0 Å². The summed E-state index contributed by atoms with van der Waals surface area (Å²) >= 11 is 1.45. The number of piperazine rings is 1. The molecule has 4 rings (SSSR count). The zero-order valence-corrected chi connectivity index (χ0v) is 21.8. The van der Waals surface area contributed by atoms with Crippen LogP contribution in [0, 0.1) is 6.92 Å². The van der Waals surface area contributed by atoms with E-state index in [1.165, 1.54) is 28.2 Å². The number of hydrogen-bond acceptors (Lipinski definition) is 6.